The molecule has 2 aromatic rings. The van der Waals surface area contributed by atoms with E-state index < -0.39 is 0 Å². The molecule has 0 aliphatic rings. The van der Waals surface area contributed by atoms with Gasteiger partial charge in [-0.25, -0.2) is 0 Å². The maximum Gasteiger partial charge on any atom is 0.176 e. The maximum atomic E-state index is 5.32. The lowest BCUT2D eigenvalue weighted by Crippen LogP contribution is -1.92. The Hall–Kier alpha value is -2.03. The van der Waals surface area contributed by atoms with Crippen molar-refractivity contribution in [2.75, 3.05) is 6.54 Å². The van der Waals surface area contributed by atoms with E-state index in [4.69, 9.17) is 4.74 Å². The van der Waals surface area contributed by atoms with Crippen LogP contribution in [-0.4, -0.2) is 17.5 Å². The van der Waals surface area contributed by atoms with Crippen LogP contribution >= 0.6 is 0 Å². The van der Waals surface area contributed by atoms with Crippen molar-refractivity contribution in [3.8, 4) is 11.4 Å². The molecule has 0 saturated heterocycles. The SMILES string of the molecule is CC/N=C\Oc1ccc(-n2cccc2)cc1. The molecule has 0 radical (unpaired) electrons. The molecule has 0 bridgehead atoms. The minimum atomic E-state index is 0.738. The van der Waals surface area contributed by atoms with Gasteiger partial charge in [-0.2, -0.15) is 0 Å². The molecule has 1 aromatic heterocycles. The Morgan fingerprint density at radius 3 is 2.50 bits per heavy atom. The van der Waals surface area contributed by atoms with Crippen LogP contribution < -0.4 is 4.74 Å². The number of benzene rings is 1. The summed E-state index contributed by atoms with van der Waals surface area (Å²) in [5.41, 5.74) is 1.12. The first-order chi connectivity index (χ1) is 7.90. The highest BCUT2D eigenvalue weighted by atomic mass is 16.5. The molecule has 0 atom stereocenters. The van der Waals surface area contributed by atoms with Crippen LogP contribution in [0.4, 0.5) is 0 Å². The van der Waals surface area contributed by atoms with Crippen molar-refractivity contribution in [2.24, 2.45) is 4.99 Å². The monoisotopic (exact) mass is 214 g/mol. The smallest absolute Gasteiger partial charge is 0.176 e. The van der Waals surface area contributed by atoms with Crippen molar-refractivity contribution in [3.63, 3.8) is 0 Å². The zero-order valence-corrected chi connectivity index (χ0v) is 9.21. The van der Waals surface area contributed by atoms with Crippen LogP contribution in [0.25, 0.3) is 5.69 Å². The predicted molar refractivity (Wildman–Crippen MR) is 65.4 cm³/mol. The average molecular weight is 214 g/mol. The van der Waals surface area contributed by atoms with Crippen LogP contribution in [0.3, 0.4) is 0 Å². The highest BCUT2D eigenvalue weighted by molar-refractivity contribution is 5.52. The van der Waals surface area contributed by atoms with Crippen LogP contribution in [0.5, 0.6) is 5.75 Å². The summed E-state index contributed by atoms with van der Waals surface area (Å²) in [5.74, 6) is 0.799. The van der Waals surface area contributed by atoms with Crippen LogP contribution in [0.1, 0.15) is 6.92 Å². The molecule has 0 aliphatic heterocycles. The second kappa shape index (κ2) is 5.16. The molecule has 1 aromatic carbocycles. The zero-order chi connectivity index (χ0) is 11.2. The van der Waals surface area contributed by atoms with Gasteiger partial charge in [0.2, 0.25) is 0 Å². The number of hydrogen-bond donors (Lipinski definition) is 0. The Morgan fingerprint density at radius 2 is 1.88 bits per heavy atom. The molecule has 0 spiro atoms. The van der Waals surface area contributed by atoms with Crippen molar-refractivity contribution in [1.29, 1.82) is 0 Å². The molecule has 82 valence electrons. The van der Waals surface area contributed by atoms with E-state index in [9.17, 15) is 0 Å². The topological polar surface area (TPSA) is 26.5 Å². The third kappa shape index (κ3) is 2.51. The normalized spacial score (nSPS) is 10.8. The third-order valence-electron chi connectivity index (χ3n) is 2.19. The van der Waals surface area contributed by atoms with Crippen LogP contribution in [-0.2, 0) is 0 Å². The number of nitrogens with zero attached hydrogens (tertiary/aromatic N) is 2. The van der Waals surface area contributed by atoms with Crippen LogP contribution in [0.15, 0.2) is 53.8 Å². The summed E-state index contributed by atoms with van der Waals surface area (Å²) >= 11 is 0. The van der Waals surface area contributed by atoms with Crippen molar-refractivity contribution >= 4 is 6.40 Å². The van der Waals surface area contributed by atoms with E-state index in [0.29, 0.717) is 0 Å². The molecule has 0 fully saturated rings. The van der Waals surface area contributed by atoms with E-state index in [0.717, 1.165) is 18.0 Å². The maximum absolute atomic E-state index is 5.32. The van der Waals surface area contributed by atoms with Gasteiger partial charge in [-0.15, -0.1) is 0 Å². The minimum Gasteiger partial charge on any atom is -0.446 e. The van der Waals surface area contributed by atoms with Gasteiger partial charge in [0.15, 0.2) is 6.40 Å². The second-order valence-electron chi connectivity index (χ2n) is 3.31. The Morgan fingerprint density at radius 1 is 1.19 bits per heavy atom. The van der Waals surface area contributed by atoms with E-state index in [1.807, 2.05) is 60.3 Å². The lowest BCUT2D eigenvalue weighted by molar-refractivity contribution is 0.571. The van der Waals surface area contributed by atoms with Crippen molar-refractivity contribution in [2.45, 2.75) is 6.92 Å². The number of rotatable bonds is 4. The highest BCUT2D eigenvalue weighted by Gasteiger charge is 1.95. The van der Waals surface area contributed by atoms with Gasteiger partial charge in [0.1, 0.15) is 5.75 Å². The van der Waals surface area contributed by atoms with Gasteiger partial charge in [0, 0.05) is 24.6 Å². The van der Waals surface area contributed by atoms with Gasteiger partial charge >= 0.3 is 0 Å². The van der Waals surface area contributed by atoms with Gasteiger partial charge in [0.25, 0.3) is 0 Å². The van der Waals surface area contributed by atoms with Gasteiger partial charge in [0.05, 0.1) is 0 Å². The first-order valence-corrected chi connectivity index (χ1v) is 5.28. The van der Waals surface area contributed by atoms with Gasteiger partial charge in [-0.05, 0) is 43.3 Å². The summed E-state index contributed by atoms with van der Waals surface area (Å²) in [6.45, 7) is 2.70. The molecule has 0 N–H and O–H groups in total. The first kappa shape index (κ1) is 10.5. The van der Waals surface area contributed by atoms with Gasteiger partial charge in [-0.3, -0.25) is 4.99 Å². The highest BCUT2D eigenvalue weighted by Crippen LogP contribution is 2.14. The van der Waals surface area contributed by atoms with E-state index in [2.05, 4.69) is 4.99 Å². The largest absolute Gasteiger partial charge is 0.446 e. The Labute approximate surface area is 95.0 Å². The molecule has 0 unspecified atom stereocenters. The van der Waals surface area contributed by atoms with E-state index in [1.54, 1.807) is 0 Å². The Bertz CT molecular complexity index is 443. The number of hydrogen-bond acceptors (Lipinski definition) is 2. The first-order valence-electron chi connectivity index (χ1n) is 5.28. The Kier molecular flexibility index (Phi) is 3.38. The minimum absolute atomic E-state index is 0.738. The molecule has 2 rings (SSSR count). The van der Waals surface area contributed by atoms with Gasteiger partial charge < -0.3 is 9.30 Å². The average Bonchev–Trinajstić information content (AvgIpc) is 2.84. The molecule has 0 aliphatic carbocycles. The second-order valence-corrected chi connectivity index (χ2v) is 3.31. The number of ether oxygens (including phenoxy) is 1. The van der Waals surface area contributed by atoms with Gasteiger partial charge in [-0.1, -0.05) is 0 Å². The summed E-state index contributed by atoms with van der Waals surface area (Å²) in [5, 5.41) is 0. The Balaban J connectivity index is 2.08. The molecule has 3 heteroatoms. The number of aliphatic imine (C=N–C) groups is 1. The summed E-state index contributed by atoms with van der Waals surface area (Å²) in [6, 6.07) is 11.9. The van der Waals surface area contributed by atoms with Crippen molar-refractivity contribution < 1.29 is 4.74 Å². The molecule has 3 nitrogen and oxygen atoms in total. The summed E-state index contributed by atoms with van der Waals surface area (Å²) in [6.07, 6.45) is 5.49. The quantitative estimate of drug-likeness (QED) is 0.567. The standard InChI is InChI=1S/C13H14N2O/c1-2-14-11-16-13-7-5-12(6-8-13)15-9-3-4-10-15/h3-11H,2H2,1H3/b14-11-. The fraction of sp³-hybridized carbons (Fsp3) is 0.154. The molecule has 0 amide bonds. The molecule has 0 saturated carbocycles. The van der Waals surface area contributed by atoms with E-state index in [-0.39, 0.29) is 0 Å². The van der Waals surface area contributed by atoms with E-state index in [1.165, 1.54) is 6.40 Å². The predicted octanol–water partition coefficient (Wildman–Crippen LogP) is 2.90. The molecular weight excluding hydrogens is 200 g/mol. The van der Waals surface area contributed by atoms with Crippen molar-refractivity contribution in [1.82, 2.24) is 4.57 Å². The molecular formula is C13H14N2O. The zero-order valence-electron chi connectivity index (χ0n) is 9.21. The van der Waals surface area contributed by atoms with Crippen molar-refractivity contribution in [3.05, 3.63) is 48.8 Å². The van der Waals surface area contributed by atoms with Crippen LogP contribution in [0.2, 0.25) is 0 Å². The van der Waals surface area contributed by atoms with Crippen LogP contribution in [0, 0.1) is 0 Å². The third-order valence-corrected chi connectivity index (χ3v) is 2.19. The summed E-state index contributed by atoms with van der Waals surface area (Å²) in [4.78, 5) is 3.99. The lowest BCUT2D eigenvalue weighted by atomic mass is 10.3. The summed E-state index contributed by atoms with van der Waals surface area (Å²) < 4.78 is 7.36. The van der Waals surface area contributed by atoms with E-state index >= 15 is 0 Å². The summed E-state index contributed by atoms with van der Waals surface area (Å²) in [7, 11) is 0. The fourth-order valence-corrected chi connectivity index (χ4v) is 1.38. The molecule has 1 heterocycles. The fourth-order valence-electron chi connectivity index (χ4n) is 1.38. The number of aromatic nitrogens is 1. The molecule has 16 heavy (non-hydrogen) atoms. The lowest BCUT2D eigenvalue weighted by Gasteiger charge is -2.04.